The largest absolute Gasteiger partial charge is 0.370 e. The van der Waals surface area contributed by atoms with E-state index in [1.807, 2.05) is 37.4 Å². The zero-order chi connectivity index (χ0) is 16.4. The summed E-state index contributed by atoms with van der Waals surface area (Å²) in [5.41, 5.74) is 0.869. The van der Waals surface area contributed by atoms with Crippen LogP contribution in [0.15, 0.2) is 41.2 Å². The molecule has 0 radical (unpaired) electrons. The number of pyridine rings is 1. The summed E-state index contributed by atoms with van der Waals surface area (Å²) in [6.07, 6.45) is 8.41. The van der Waals surface area contributed by atoms with Crippen LogP contribution in [0.3, 0.4) is 0 Å². The van der Waals surface area contributed by atoms with Crippen molar-refractivity contribution in [3.63, 3.8) is 0 Å². The molecule has 1 fully saturated rings. The summed E-state index contributed by atoms with van der Waals surface area (Å²) < 4.78 is 11.5. The van der Waals surface area contributed by atoms with Crippen molar-refractivity contribution in [3.05, 3.63) is 42.5 Å². The van der Waals surface area contributed by atoms with Crippen LogP contribution in [0, 0.1) is 5.92 Å². The van der Waals surface area contributed by atoms with Crippen LogP contribution in [0.25, 0.3) is 22.2 Å². The summed E-state index contributed by atoms with van der Waals surface area (Å²) in [5.74, 6) is 1.66. The van der Waals surface area contributed by atoms with Gasteiger partial charge in [-0.2, -0.15) is 4.98 Å². The Morgan fingerprint density at radius 2 is 2.04 bits per heavy atom. The van der Waals surface area contributed by atoms with Gasteiger partial charge in [-0.15, -0.1) is 0 Å². The van der Waals surface area contributed by atoms with E-state index in [0.717, 1.165) is 16.3 Å². The minimum Gasteiger partial charge on any atom is -0.370 e. The number of fused-ring (bicyclic) bond motifs is 1. The van der Waals surface area contributed by atoms with Crippen molar-refractivity contribution in [1.29, 1.82) is 0 Å². The fourth-order valence-corrected chi connectivity index (χ4v) is 3.61. The topological polar surface area (TPSA) is 61.0 Å². The Hall–Kier alpha value is -2.27. The summed E-state index contributed by atoms with van der Waals surface area (Å²) in [6, 6.07) is 8.08. The molecule has 2 aromatic heterocycles. The van der Waals surface area contributed by atoms with Gasteiger partial charge >= 0.3 is 0 Å². The van der Waals surface area contributed by atoms with Crippen LogP contribution in [0.1, 0.15) is 44.5 Å². The molecular formula is C19H21N3O2. The highest BCUT2D eigenvalue weighted by molar-refractivity contribution is 5.93. The third kappa shape index (κ3) is 2.80. The Morgan fingerprint density at radius 1 is 1.21 bits per heavy atom. The lowest BCUT2D eigenvalue weighted by atomic mass is 10.00. The summed E-state index contributed by atoms with van der Waals surface area (Å²) >= 11 is 0. The lowest BCUT2D eigenvalue weighted by Crippen LogP contribution is -2.15. The van der Waals surface area contributed by atoms with Crippen LogP contribution in [-0.2, 0) is 4.74 Å². The lowest BCUT2D eigenvalue weighted by Gasteiger charge is -2.19. The molecule has 5 heteroatoms. The molecule has 5 nitrogen and oxygen atoms in total. The van der Waals surface area contributed by atoms with Gasteiger partial charge in [0.1, 0.15) is 6.10 Å². The van der Waals surface area contributed by atoms with Crippen molar-refractivity contribution in [3.8, 4) is 11.5 Å². The molecule has 0 amide bonds. The van der Waals surface area contributed by atoms with Crippen molar-refractivity contribution in [1.82, 2.24) is 15.1 Å². The van der Waals surface area contributed by atoms with Gasteiger partial charge in [0.05, 0.1) is 5.56 Å². The maximum atomic E-state index is 5.95. The summed E-state index contributed by atoms with van der Waals surface area (Å²) in [7, 11) is 0. The second-order valence-corrected chi connectivity index (χ2v) is 6.29. The monoisotopic (exact) mass is 323 g/mol. The Labute approximate surface area is 141 Å². The maximum Gasteiger partial charge on any atom is 0.260 e. The zero-order valence-electron chi connectivity index (χ0n) is 13.8. The summed E-state index contributed by atoms with van der Waals surface area (Å²) in [5, 5.41) is 6.35. The van der Waals surface area contributed by atoms with Crippen LogP contribution < -0.4 is 0 Å². The van der Waals surface area contributed by atoms with Crippen LogP contribution >= 0.6 is 0 Å². The first-order valence-corrected chi connectivity index (χ1v) is 8.65. The number of rotatable bonds is 5. The van der Waals surface area contributed by atoms with Gasteiger partial charge in [0.25, 0.3) is 5.89 Å². The highest BCUT2D eigenvalue weighted by Gasteiger charge is 2.31. The highest BCUT2D eigenvalue weighted by Crippen LogP contribution is 2.38. The number of nitrogens with zero attached hydrogens (tertiary/aromatic N) is 3. The van der Waals surface area contributed by atoms with E-state index >= 15 is 0 Å². The molecule has 0 saturated heterocycles. The van der Waals surface area contributed by atoms with E-state index in [-0.39, 0.29) is 6.10 Å². The molecule has 1 unspecified atom stereocenters. The van der Waals surface area contributed by atoms with E-state index in [1.54, 1.807) is 6.20 Å². The molecule has 2 heterocycles. The van der Waals surface area contributed by atoms with Crippen LogP contribution in [-0.4, -0.2) is 21.7 Å². The molecule has 3 aromatic rings. The molecule has 0 spiro atoms. The van der Waals surface area contributed by atoms with Gasteiger partial charge in [-0.25, -0.2) is 0 Å². The molecule has 1 atom stereocenters. The van der Waals surface area contributed by atoms with Crippen LogP contribution in [0.5, 0.6) is 0 Å². The Bertz CT molecular complexity index is 819. The van der Waals surface area contributed by atoms with Gasteiger partial charge < -0.3 is 9.26 Å². The fraction of sp³-hybridized carbons (Fsp3) is 0.421. The van der Waals surface area contributed by atoms with Gasteiger partial charge in [-0.1, -0.05) is 42.3 Å². The van der Waals surface area contributed by atoms with Crippen molar-refractivity contribution in [2.75, 3.05) is 6.61 Å². The van der Waals surface area contributed by atoms with Gasteiger partial charge in [-0.05, 0) is 31.1 Å². The zero-order valence-corrected chi connectivity index (χ0v) is 13.8. The van der Waals surface area contributed by atoms with Gasteiger partial charge in [-0.3, -0.25) is 4.98 Å². The third-order valence-corrected chi connectivity index (χ3v) is 4.77. The Morgan fingerprint density at radius 3 is 2.88 bits per heavy atom. The first-order valence-electron chi connectivity index (χ1n) is 8.65. The normalized spacial score (nSPS) is 16.7. The van der Waals surface area contributed by atoms with E-state index < -0.39 is 0 Å². The second kappa shape index (κ2) is 6.69. The van der Waals surface area contributed by atoms with Crippen molar-refractivity contribution >= 4 is 10.8 Å². The van der Waals surface area contributed by atoms with Crippen LogP contribution in [0.2, 0.25) is 0 Å². The molecule has 24 heavy (non-hydrogen) atoms. The number of hydrogen-bond donors (Lipinski definition) is 0. The minimum absolute atomic E-state index is 0.0714. The Balaban J connectivity index is 1.70. The first kappa shape index (κ1) is 15.3. The lowest BCUT2D eigenvalue weighted by molar-refractivity contribution is 0.0127. The maximum absolute atomic E-state index is 5.95. The van der Waals surface area contributed by atoms with Gasteiger partial charge in [0.15, 0.2) is 0 Å². The number of ether oxygens (including phenoxy) is 1. The highest BCUT2D eigenvalue weighted by atomic mass is 16.5. The van der Waals surface area contributed by atoms with Crippen LogP contribution in [0.4, 0.5) is 0 Å². The third-order valence-electron chi connectivity index (χ3n) is 4.77. The molecule has 4 rings (SSSR count). The second-order valence-electron chi connectivity index (χ2n) is 6.29. The van der Waals surface area contributed by atoms with E-state index in [1.165, 1.54) is 25.7 Å². The number of benzene rings is 1. The smallest absolute Gasteiger partial charge is 0.260 e. The van der Waals surface area contributed by atoms with E-state index in [4.69, 9.17) is 9.26 Å². The van der Waals surface area contributed by atoms with Gasteiger partial charge in [0.2, 0.25) is 5.82 Å². The molecular weight excluding hydrogens is 302 g/mol. The average Bonchev–Trinajstić information content (AvgIpc) is 3.31. The van der Waals surface area contributed by atoms with Gasteiger partial charge in [0, 0.05) is 24.4 Å². The SMILES string of the molecule is CCOC(c1noc(-c2cncc3ccccc23)n1)C1CCCC1. The Kier molecular flexibility index (Phi) is 4.26. The van der Waals surface area contributed by atoms with Crippen molar-refractivity contribution < 1.29 is 9.26 Å². The fourth-order valence-electron chi connectivity index (χ4n) is 3.61. The molecule has 0 aliphatic heterocycles. The summed E-state index contributed by atoms with van der Waals surface area (Å²) in [4.78, 5) is 8.95. The quantitative estimate of drug-likeness (QED) is 0.689. The van der Waals surface area contributed by atoms with E-state index in [9.17, 15) is 0 Å². The molecule has 1 aliphatic rings. The molecule has 1 aliphatic carbocycles. The molecule has 1 saturated carbocycles. The summed E-state index contributed by atoms with van der Waals surface area (Å²) in [6.45, 7) is 2.67. The minimum atomic E-state index is -0.0714. The van der Waals surface area contributed by atoms with Crippen molar-refractivity contribution in [2.45, 2.75) is 38.7 Å². The molecule has 0 N–H and O–H groups in total. The first-order chi connectivity index (χ1) is 11.9. The van der Waals surface area contributed by atoms with E-state index in [2.05, 4.69) is 15.1 Å². The standard InChI is InChI=1S/C19H21N3O2/c1-2-23-17(13-7-3-4-8-13)18-21-19(24-22-18)16-12-20-11-14-9-5-6-10-15(14)16/h5-6,9-13,17H,2-4,7-8H2,1H3. The molecule has 124 valence electrons. The predicted molar refractivity (Wildman–Crippen MR) is 91.4 cm³/mol. The molecule has 1 aromatic carbocycles. The average molecular weight is 323 g/mol. The predicted octanol–water partition coefficient (Wildman–Crippen LogP) is 4.55. The van der Waals surface area contributed by atoms with E-state index in [0.29, 0.717) is 24.2 Å². The number of hydrogen-bond acceptors (Lipinski definition) is 5. The van der Waals surface area contributed by atoms with Crippen molar-refractivity contribution in [2.24, 2.45) is 5.92 Å². The number of aromatic nitrogens is 3. The molecule has 0 bridgehead atoms.